The van der Waals surface area contributed by atoms with Gasteiger partial charge in [-0.2, -0.15) is 5.10 Å². The van der Waals surface area contributed by atoms with Crippen molar-refractivity contribution in [2.45, 2.75) is 58.7 Å². The van der Waals surface area contributed by atoms with Gasteiger partial charge in [-0.05, 0) is 45.1 Å². The SMILES string of the molecule is CC1CCC(NCc2ccn(C(C)C)n2)C1. The Labute approximate surface area is 98.2 Å². The Bertz CT molecular complexity index is 330. The van der Waals surface area contributed by atoms with Gasteiger partial charge >= 0.3 is 0 Å². The van der Waals surface area contributed by atoms with Gasteiger partial charge in [0.1, 0.15) is 0 Å². The second kappa shape index (κ2) is 5.00. The standard InChI is InChI=1S/C13H23N3/c1-10(2)16-7-6-13(15-16)9-14-12-5-4-11(3)8-12/h6-7,10-12,14H,4-5,8-9H2,1-3H3. The molecule has 1 heterocycles. The van der Waals surface area contributed by atoms with E-state index in [0.29, 0.717) is 12.1 Å². The lowest BCUT2D eigenvalue weighted by Gasteiger charge is -2.10. The first-order valence-electron chi connectivity index (χ1n) is 6.42. The van der Waals surface area contributed by atoms with Gasteiger partial charge in [-0.15, -0.1) is 0 Å². The molecule has 1 fully saturated rings. The second-order valence-corrected chi connectivity index (χ2v) is 5.38. The summed E-state index contributed by atoms with van der Waals surface area (Å²) in [6.07, 6.45) is 6.09. The Morgan fingerprint density at radius 1 is 1.50 bits per heavy atom. The molecule has 0 radical (unpaired) electrons. The number of rotatable bonds is 4. The monoisotopic (exact) mass is 221 g/mol. The third kappa shape index (κ3) is 2.85. The van der Waals surface area contributed by atoms with Crippen molar-refractivity contribution in [1.29, 1.82) is 0 Å². The van der Waals surface area contributed by atoms with Crippen LogP contribution in [0.5, 0.6) is 0 Å². The van der Waals surface area contributed by atoms with Crippen LogP contribution in [0, 0.1) is 5.92 Å². The lowest BCUT2D eigenvalue weighted by Crippen LogP contribution is -2.26. The average molecular weight is 221 g/mol. The van der Waals surface area contributed by atoms with Crippen LogP contribution in [-0.2, 0) is 6.54 Å². The van der Waals surface area contributed by atoms with Gasteiger partial charge in [0.15, 0.2) is 0 Å². The Balaban J connectivity index is 1.80. The first-order chi connectivity index (χ1) is 7.65. The van der Waals surface area contributed by atoms with Crippen molar-refractivity contribution in [3.63, 3.8) is 0 Å². The zero-order chi connectivity index (χ0) is 11.5. The summed E-state index contributed by atoms with van der Waals surface area (Å²) in [5.41, 5.74) is 1.16. The third-order valence-electron chi connectivity index (χ3n) is 3.46. The molecule has 90 valence electrons. The fourth-order valence-electron chi connectivity index (χ4n) is 2.40. The molecule has 1 N–H and O–H groups in total. The fourth-order valence-corrected chi connectivity index (χ4v) is 2.40. The van der Waals surface area contributed by atoms with Gasteiger partial charge in [-0.1, -0.05) is 6.92 Å². The summed E-state index contributed by atoms with van der Waals surface area (Å²) in [6, 6.07) is 3.28. The van der Waals surface area contributed by atoms with Crippen LogP contribution in [0.25, 0.3) is 0 Å². The minimum absolute atomic E-state index is 0.459. The Morgan fingerprint density at radius 3 is 2.88 bits per heavy atom. The summed E-state index contributed by atoms with van der Waals surface area (Å²) in [5, 5.41) is 8.15. The van der Waals surface area contributed by atoms with Crippen LogP contribution in [0.3, 0.4) is 0 Å². The molecule has 1 saturated carbocycles. The van der Waals surface area contributed by atoms with Crippen molar-refractivity contribution in [3.05, 3.63) is 18.0 Å². The van der Waals surface area contributed by atoms with E-state index in [4.69, 9.17) is 0 Å². The molecule has 2 atom stereocenters. The molecule has 0 aromatic carbocycles. The fraction of sp³-hybridized carbons (Fsp3) is 0.769. The maximum Gasteiger partial charge on any atom is 0.0762 e. The molecular weight excluding hydrogens is 198 g/mol. The van der Waals surface area contributed by atoms with E-state index >= 15 is 0 Å². The lowest BCUT2D eigenvalue weighted by atomic mass is 10.1. The summed E-state index contributed by atoms with van der Waals surface area (Å²) in [6.45, 7) is 7.57. The molecule has 1 aliphatic rings. The number of aromatic nitrogens is 2. The predicted molar refractivity (Wildman–Crippen MR) is 66.3 cm³/mol. The van der Waals surface area contributed by atoms with E-state index in [2.05, 4.69) is 43.4 Å². The highest BCUT2D eigenvalue weighted by atomic mass is 15.3. The summed E-state index contributed by atoms with van der Waals surface area (Å²) >= 11 is 0. The number of nitrogens with one attached hydrogen (secondary N) is 1. The zero-order valence-electron chi connectivity index (χ0n) is 10.6. The zero-order valence-corrected chi connectivity index (χ0v) is 10.6. The predicted octanol–water partition coefficient (Wildman–Crippen LogP) is 2.74. The molecule has 2 rings (SSSR count). The Kier molecular flexibility index (Phi) is 3.64. The molecule has 0 bridgehead atoms. The van der Waals surface area contributed by atoms with Crippen LogP contribution < -0.4 is 5.32 Å². The molecule has 0 saturated heterocycles. The van der Waals surface area contributed by atoms with Crippen molar-refractivity contribution in [1.82, 2.24) is 15.1 Å². The highest BCUT2D eigenvalue weighted by Gasteiger charge is 2.20. The van der Waals surface area contributed by atoms with Crippen molar-refractivity contribution in [2.75, 3.05) is 0 Å². The molecular formula is C13H23N3. The largest absolute Gasteiger partial charge is 0.308 e. The highest BCUT2D eigenvalue weighted by Crippen LogP contribution is 2.24. The van der Waals surface area contributed by atoms with Crippen LogP contribution in [0.4, 0.5) is 0 Å². The van der Waals surface area contributed by atoms with Crippen LogP contribution in [0.2, 0.25) is 0 Å². The molecule has 3 nitrogen and oxygen atoms in total. The maximum atomic E-state index is 4.54. The van der Waals surface area contributed by atoms with Gasteiger partial charge in [-0.25, -0.2) is 0 Å². The van der Waals surface area contributed by atoms with Crippen molar-refractivity contribution in [2.24, 2.45) is 5.92 Å². The highest BCUT2D eigenvalue weighted by molar-refractivity contribution is 4.99. The lowest BCUT2D eigenvalue weighted by molar-refractivity contribution is 0.485. The molecule has 0 spiro atoms. The van der Waals surface area contributed by atoms with Crippen LogP contribution >= 0.6 is 0 Å². The quantitative estimate of drug-likeness (QED) is 0.847. The molecule has 2 unspecified atom stereocenters. The van der Waals surface area contributed by atoms with Gasteiger partial charge in [0.2, 0.25) is 0 Å². The first kappa shape index (κ1) is 11.6. The summed E-state index contributed by atoms with van der Waals surface area (Å²) < 4.78 is 2.02. The summed E-state index contributed by atoms with van der Waals surface area (Å²) in [5.74, 6) is 0.894. The van der Waals surface area contributed by atoms with Crippen LogP contribution in [0.15, 0.2) is 12.3 Å². The van der Waals surface area contributed by atoms with E-state index in [9.17, 15) is 0 Å². The second-order valence-electron chi connectivity index (χ2n) is 5.38. The molecule has 1 aromatic heterocycles. The molecule has 3 heteroatoms. The van der Waals surface area contributed by atoms with Gasteiger partial charge in [0.05, 0.1) is 5.69 Å². The first-order valence-corrected chi connectivity index (χ1v) is 6.42. The number of hydrogen-bond acceptors (Lipinski definition) is 2. The molecule has 16 heavy (non-hydrogen) atoms. The third-order valence-corrected chi connectivity index (χ3v) is 3.46. The Hall–Kier alpha value is -0.830. The van der Waals surface area contributed by atoms with Crippen molar-refractivity contribution >= 4 is 0 Å². The molecule has 1 aromatic rings. The van der Waals surface area contributed by atoms with Crippen LogP contribution in [0.1, 0.15) is 51.8 Å². The van der Waals surface area contributed by atoms with Gasteiger partial charge in [0.25, 0.3) is 0 Å². The maximum absolute atomic E-state index is 4.54. The van der Waals surface area contributed by atoms with E-state index in [-0.39, 0.29) is 0 Å². The number of nitrogens with zero attached hydrogens (tertiary/aromatic N) is 2. The van der Waals surface area contributed by atoms with Gasteiger partial charge in [0, 0.05) is 24.8 Å². The minimum atomic E-state index is 0.459. The molecule has 1 aliphatic carbocycles. The van der Waals surface area contributed by atoms with E-state index in [1.165, 1.54) is 19.3 Å². The minimum Gasteiger partial charge on any atom is -0.308 e. The number of hydrogen-bond donors (Lipinski definition) is 1. The summed E-state index contributed by atoms with van der Waals surface area (Å²) in [7, 11) is 0. The van der Waals surface area contributed by atoms with E-state index in [1.54, 1.807) is 0 Å². The van der Waals surface area contributed by atoms with E-state index < -0.39 is 0 Å². The molecule has 0 aliphatic heterocycles. The Morgan fingerprint density at radius 2 is 2.31 bits per heavy atom. The van der Waals surface area contributed by atoms with E-state index in [0.717, 1.165) is 18.2 Å². The van der Waals surface area contributed by atoms with Crippen molar-refractivity contribution in [3.8, 4) is 0 Å². The smallest absolute Gasteiger partial charge is 0.0762 e. The van der Waals surface area contributed by atoms with Crippen molar-refractivity contribution < 1.29 is 0 Å². The average Bonchev–Trinajstić information content (AvgIpc) is 2.83. The summed E-state index contributed by atoms with van der Waals surface area (Å²) in [4.78, 5) is 0. The van der Waals surface area contributed by atoms with Crippen LogP contribution in [-0.4, -0.2) is 15.8 Å². The normalized spacial score (nSPS) is 25.5. The van der Waals surface area contributed by atoms with Gasteiger partial charge < -0.3 is 5.32 Å². The molecule has 0 amide bonds. The topological polar surface area (TPSA) is 29.9 Å². The van der Waals surface area contributed by atoms with E-state index in [1.807, 2.05) is 4.68 Å². The van der Waals surface area contributed by atoms with Gasteiger partial charge in [-0.3, -0.25) is 4.68 Å².